The number of hydrogen-bond acceptors (Lipinski definition) is 8. The molecule has 25 heavy (non-hydrogen) atoms. The van der Waals surface area contributed by atoms with Crippen molar-refractivity contribution in [2.75, 3.05) is 0 Å². The molecule has 0 rings (SSSR count). The topological polar surface area (TPSA) is 178 Å². The van der Waals surface area contributed by atoms with E-state index in [0.29, 0.717) is 0 Å². The standard InChI is InChI=1S/8CNS.Th/c8*2-1-3;/q8*-1;+4. The van der Waals surface area contributed by atoms with E-state index in [2.05, 4.69) is 97.7 Å². The molecule has 0 saturated carbocycles. The monoisotopic (exact) mass is 696 g/mol. The molecule has 0 unspecified atom stereocenters. The van der Waals surface area contributed by atoms with Crippen LogP contribution in [0.3, 0.4) is 0 Å². The zero-order chi connectivity index (χ0) is 21.7. The number of isothiocyanates is 8. The molecule has 0 heterocycles. The van der Waals surface area contributed by atoms with Crippen molar-refractivity contribution >= 4 is 139 Å². The molecule has 128 valence electrons. The van der Waals surface area contributed by atoms with Gasteiger partial charge in [0.15, 0.2) is 0 Å². The average Bonchev–Trinajstić information content (AvgIpc) is 2.45. The minimum atomic E-state index is 0. The Morgan fingerprint density at radius 2 is 0.280 bits per heavy atom. The Bertz CT molecular complexity index is 356. The summed E-state index contributed by atoms with van der Waals surface area (Å²) in [4.78, 5) is 0. The van der Waals surface area contributed by atoms with Gasteiger partial charge in [-0.1, -0.05) is 97.7 Å². The van der Waals surface area contributed by atoms with E-state index in [-0.39, 0.29) is 39.9 Å². The molecule has 0 aromatic rings. The first-order chi connectivity index (χ1) is 11.3. The van der Waals surface area contributed by atoms with Crippen LogP contribution < -0.4 is 0 Å². The molecular weight excluding hydrogens is 697 g/mol. The van der Waals surface area contributed by atoms with Gasteiger partial charge in [0.05, 0.1) is 0 Å². The summed E-state index contributed by atoms with van der Waals surface area (Å²) in [5.74, 6) is 0. The second kappa shape index (κ2) is 205. The maximum Gasteiger partial charge on any atom is 4.00 e. The first-order valence-corrected chi connectivity index (χ1v) is 6.69. The summed E-state index contributed by atoms with van der Waals surface area (Å²) in [5.41, 5.74) is 0. The molecule has 0 aromatic heterocycles. The number of hydrogen-bond donors (Lipinski definition) is 0. The Kier molecular flexibility index (Phi) is 462. The molecule has 0 spiro atoms. The van der Waals surface area contributed by atoms with Gasteiger partial charge in [0.1, 0.15) is 0 Å². The molecule has 0 N–H and O–H groups in total. The second-order valence-corrected chi connectivity index (χ2v) is 2.19. The van der Waals surface area contributed by atoms with Crippen LogP contribution in [0.2, 0.25) is 0 Å². The van der Waals surface area contributed by atoms with Crippen LogP contribution in [0.15, 0.2) is 0 Å². The first kappa shape index (κ1) is 56.3. The van der Waals surface area contributed by atoms with Gasteiger partial charge in [-0.2, -0.15) is 41.3 Å². The van der Waals surface area contributed by atoms with Crippen molar-refractivity contribution in [1.82, 2.24) is 0 Å². The maximum absolute atomic E-state index is 7.13. The molecule has 0 radical (unpaired) electrons. The van der Waals surface area contributed by atoms with Gasteiger partial charge in [-0.15, -0.1) is 0 Å². The summed E-state index contributed by atoms with van der Waals surface area (Å²) < 4.78 is 0. The second-order valence-electron chi connectivity index (χ2n) is 0.730. The van der Waals surface area contributed by atoms with Gasteiger partial charge in [0.25, 0.3) is 0 Å². The third-order valence-electron chi connectivity index (χ3n) is 0. The molecule has 8 nitrogen and oxygen atoms in total. The van der Waals surface area contributed by atoms with Crippen LogP contribution in [0.4, 0.5) is 0 Å². The Balaban J connectivity index is -0.0000000166. The Morgan fingerprint density at radius 1 is 0.280 bits per heavy atom. The van der Waals surface area contributed by atoms with Gasteiger partial charge in [0, 0.05) is 0 Å². The van der Waals surface area contributed by atoms with Crippen LogP contribution in [-0.4, -0.2) is 41.3 Å². The molecule has 0 aliphatic heterocycles. The summed E-state index contributed by atoms with van der Waals surface area (Å²) in [5, 5.41) is 67.7. The molecule has 0 amide bonds. The predicted octanol–water partition coefficient (Wildman–Crippen LogP) is 5.27. The normalized spacial score (nSPS) is 2.56. The zero-order valence-electron chi connectivity index (χ0n) is 11.3. The molecule has 0 aromatic carbocycles. The SMILES string of the molecule is [N-]=C=S.[N-]=C=S.[N-]=C=S.[N-]=C=S.[N-]=C=S.[N-]=C=S.[N-]=C=S.[N-]=C=S.[Th+4]. The molecule has 0 bridgehead atoms. The van der Waals surface area contributed by atoms with Crippen molar-refractivity contribution in [3.05, 3.63) is 43.3 Å². The van der Waals surface area contributed by atoms with E-state index in [9.17, 15) is 0 Å². The minimum absolute atomic E-state index is 0. The van der Waals surface area contributed by atoms with Gasteiger partial charge < -0.3 is 43.3 Å². The fourth-order valence-corrected chi connectivity index (χ4v) is 0. The zero-order valence-corrected chi connectivity index (χ0v) is 22.0. The van der Waals surface area contributed by atoms with Crippen LogP contribution in [0, 0.1) is 39.9 Å². The van der Waals surface area contributed by atoms with Gasteiger partial charge in [0.2, 0.25) is 0 Å². The summed E-state index contributed by atoms with van der Waals surface area (Å²) in [6.45, 7) is 0. The summed E-state index contributed by atoms with van der Waals surface area (Å²) in [6, 6.07) is 0. The molecule has 0 atom stereocenters. The summed E-state index contributed by atoms with van der Waals surface area (Å²) in [7, 11) is 0. The number of thiocarbonyl (C=S) groups is 8. The Hall–Kier alpha value is -0.275. The number of rotatable bonds is 0. The van der Waals surface area contributed by atoms with Gasteiger partial charge >= 0.3 is 39.9 Å². The average molecular weight is 697 g/mol. The van der Waals surface area contributed by atoms with E-state index in [1.807, 2.05) is 0 Å². The van der Waals surface area contributed by atoms with Crippen molar-refractivity contribution in [1.29, 1.82) is 0 Å². The van der Waals surface area contributed by atoms with Gasteiger partial charge in [-0.3, -0.25) is 0 Å². The van der Waals surface area contributed by atoms with Crippen molar-refractivity contribution < 1.29 is 39.9 Å². The van der Waals surface area contributed by atoms with Crippen LogP contribution in [0.5, 0.6) is 0 Å². The third kappa shape index (κ3) is 148000. The van der Waals surface area contributed by atoms with Gasteiger partial charge in [-0.05, 0) is 0 Å². The van der Waals surface area contributed by atoms with Crippen molar-refractivity contribution in [2.45, 2.75) is 0 Å². The largest absolute Gasteiger partial charge is 4.00 e. The van der Waals surface area contributed by atoms with E-state index in [0.717, 1.165) is 0 Å². The molecular formula is C8N8S8Th-4. The van der Waals surface area contributed by atoms with Gasteiger partial charge in [-0.25, -0.2) is 0 Å². The fraction of sp³-hybridized carbons (Fsp3) is 0. The number of nitrogens with zero attached hydrogens (tertiary/aromatic N) is 8. The van der Waals surface area contributed by atoms with Crippen molar-refractivity contribution in [2.24, 2.45) is 0 Å². The molecule has 0 fully saturated rings. The quantitative estimate of drug-likeness (QED) is 0.243. The van der Waals surface area contributed by atoms with E-state index >= 15 is 0 Å². The smallest absolute Gasteiger partial charge is 0.753 e. The Labute approximate surface area is 219 Å². The van der Waals surface area contributed by atoms with E-state index < -0.39 is 0 Å². The third-order valence-corrected chi connectivity index (χ3v) is 0. The maximum atomic E-state index is 7.13. The van der Waals surface area contributed by atoms with Crippen LogP contribution >= 0.6 is 97.7 Å². The predicted molar refractivity (Wildman–Crippen MR) is 128 cm³/mol. The minimum Gasteiger partial charge on any atom is -0.753 e. The Morgan fingerprint density at radius 3 is 0.280 bits per heavy atom. The molecule has 0 aliphatic carbocycles. The summed E-state index contributed by atoms with van der Waals surface area (Å²) in [6.07, 6.45) is 0. The van der Waals surface area contributed by atoms with Crippen molar-refractivity contribution in [3.63, 3.8) is 0 Å². The summed E-state index contributed by atoms with van der Waals surface area (Å²) >= 11 is 29.6. The van der Waals surface area contributed by atoms with Crippen LogP contribution in [-0.2, 0) is 0 Å². The van der Waals surface area contributed by atoms with Crippen molar-refractivity contribution in [3.8, 4) is 0 Å². The van der Waals surface area contributed by atoms with E-state index in [1.54, 1.807) is 0 Å². The molecule has 17 heteroatoms. The first-order valence-electron chi connectivity index (χ1n) is 3.42. The molecule has 0 aliphatic rings. The van der Waals surface area contributed by atoms with Crippen LogP contribution in [0.1, 0.15) is 0 Å². The van der Waals surface area contributed by atoms with E-state index in [1.165, 1.54) is 41.3 Å². The fourth-order valence-electron chi connectivity index (χ4n) is 0. The molecule has 0 saturated heterocycles. The van der Waals surface area contributed by atoms with Crippen LogP contribution in [0.25, 0.3) is 43.3 Å². The van der Waals surface area contributed by atoms with E-state index in [4.69, 9.17) is 43.3 Å².